The summed E-state index contributed by atoms with van der Waals surface area (Å²) in [6.07, 6.45) is 1.87. The quantitative estimate of drug-likeness (QED) is 0.180. The van der Waals surface area contributed by atoms with Crippen molar-refractivity contribution in [3.8, 4) is 22.6 Å². The van der Waals surface area contributed by atoms with Gasteiger partial charge in [-0.2, -0.15) is 0 Å². The number of hydrogen-bond donors (Lipinski definition) is 0. The number of aromatic nitrogens is 1. The first-order valence-corrected chi connectivity index (χ1v) is 13.1. The van der Waals surface area contributed by atoms with E-state index in [2.05, 4.69) is 0 Å². The predicted octanol–water partition coefficient (Wildman–Crippen LogP) is 8.51. The van der Waals surface area contributed by atoms with Gasteiger partial charge in [-0.15, -0.1) is 0 Å². The Bertz CT molecular complexity index is 1800. The molecule has 0 aliphatic heterocycles. The number of esters is 1. The van der Waals surface area contributed by atoms with E-state index in [9.17, 15) is 13.6 Å². The zero-order chi connectivity index (χ0) is 28.2. The van der Waals surface area contributed by atoms with Crippen LogP contribution in [0.2, 0.25) is 0 Å². The number of halogens is 2. The number of benzene rings is 5. The number of carbonyl (C=O) groups excluding carboxylic acids is 1. The molecule has 1 heterocycles. The minimum absolute atomic E-state index is 0.181. The molecule has 0 aliphatic rings. The summed E-state index contributed by atoms with van der Waals surface area (Å²) < 4.78 is 42.1. The van der Waals surface area contributed by atoms with Crippen molar-refractivity contribution in [2.45, 2.75) is 13.2 Å². The number of nitrogens with zero attached hydrogens (tertiary/aromatic N) is 1. The van der Waals surface area contributed by atoms with Gasteiger partial charge in [-0.3, -0.25) is 0 Å². The molecule has 0 saturated carbocycles. The zero-order valence-electron chi connectivity index (χ0n) is 22.0. The molecule has 0 fully saturated rings. The molecule has 6 heteroatoms. The van der Waals surface area contributed by atoms with Crippen LogP contribution in [-0.4, -0.2) is 10.5 Å². The maximum Gasteiger partial charge on any atom is 0.338 e. The molecule has 6 aromatic rings. The Hall–Kier alpha value is -5.23. The Labute approximate surface area is 236 Å². The molecule has 0 amide bonds. The van der Waals surface area contributed by atoms with Crippen LogP contribution in [0.4, 0.5) is 8.78 Å². The predicted molar refractivity (Wildman–Crippen MR) is 155 cm³/mol. The van der Waals surface area contributed by atoms with Crippen molar-refractivity contribution in [3.05, 3.63) is 156 Å². The molecular formula is C35H25F2NO3. The van der Waals surface area contributed by atoms with E-state index < -0.39 is 11.8 Å². The fourth-order valence-corrected chi connectivity index (χ4v) is 4.77. The van der Waals surface area contributed by atoms with E-state index in [1.165, 1.54) is 24.3 Å². The summed E-state index contributed by atoms with van der Waals surface area (Å²) in [5, 5.41) is 0.700. The van der Waals surface area contributed by atoms with E-state index >= 15 is 0 Å². The molecule has 0 aliphatic carbocycles. The molecule has 41 heavy (non-hydrogen) atoms. The summed E-state index contributed by atoms with van der Waals surface area (Å²) in [7, 11) is 0. The molecule has 0 spiro atoms. The normalized spacial score (nSPS) is 11.0. The molecule has 1 aromatic heterocycles. The minimum Gasteiger partial charge on any atom is -0.488 e. The lowest BCUT2D eigenvalue weighted by Crippen LogP contribution is -2.05. The molecule has 6 rings (SSSR count). The average Bonchev–Trinajstić information content (AvgIpc) is 3.39. The summed E-state index contributed by atoms with van der Waals surface area (Å²) in [5.74, 6) is -0.863. The lowest BCUT2D eigenvalue weighted by Gasteiger charge is -2.11. The van der Waals surface area contributed by atoms with Crippen LogP contribution in [0.5, 0.6) is 5.75 Å². The van der Waals surface area contributed by atoms with Gasteiger partial charge in [0.05, 0.1) is 16.5 Å². The lowest BCUT2D eigenvalue weighted by molar-refractivity contribution is 0.0472. The van der Waals surface area contributed by atoms with Crippen LogP contribution in [0.3, 0.4) is 0 Å². The molecule has 202 valence electrons. The van der Waals surface area contributed by atoms with Crippen LogP contribution in [0.15, 0.2) is 128 Å². The second kappa shape index (κ2) is 11.5. The third-order valence-corrected chi connectivity index (χ3v) is 6.82. The number of fused-ring (bicyclic) bond motifs is 1. The highest BCUT2D eigenvalue weighted by atomic mass is 19.1. The van der Waals surface area contributed by atoms with Crippen molar-refractivity contribution >= 4 is 16.9 Å². The Kier molecular flexibility index (Phi) is 7.28. The SMILES string of the molecule is O=C(OCc1ccccc1)c1ccc(-c2cn(-c3ccc(F)cc3)c3cc(F)cc(OCc4ccccc4)c23)cc1. The molecule has 5 aromatic carbocycles. The van der Waals surface area contributed by atoms with Gasteiger partial charge in [-0.05, 0) is 59.2 Å². The highest BCUT2D eigenvalue weighted by Gasteiger charge is 2.19. The van der Waals surface area contributed by atoms with Gasteiger partial charge in [-0.1, -0.05) is 72.8 Å². The van der Waals surface area contributed by atoms with Crippen LogP contribution in [0.1, 0.15) is 21.5 Å². The van der Waals surface area contributed by atoms with Crippen molar-refractivity contribution in [2.75, 3.05) is 0 Å². The molecule has 0 N–H and O–H groups in total. The van der Waals surface area contributed by atoms with Crippen LogP contribution in [0, 0.1) is 11.6 Å². The number of rotatable bonds is 8. The fourth-order valence-electron chi connectivity index (χ4n) is 4.77. The van der Waals surface area contributed by atoms with Crippen molar-refractivity contribution in [3.63, 3.8) is 0 Å². The van der Waals surface area contributed by atoms with Crippen LogP contribution in [0.25, 0.3) is 27.7 Å². The highest BCUT2D eigenvalue weighted by Crippen LogP contribution is 2.39. The van der Waals surface area contributed by atoms with Gasteiger partial charge in [0.1, 0.15) is 30.6 Å². The number of ether oxygens (including phenoxy) is 2. The second-order valence-electron chi connectivity index (χ2n) is 9.60. The second-order valence-corrected chi connectivity index (χ2v) is 9.60. The minimum atomic E-state index is -0.454. The summed E-state index contributed by atoms with van der Waals surface area (Å²) in [6, 6.07) is 35.0. The largest absolute Gasteiger partial charge is 0.488 e. The first kappa shape index (κ1) is 26.0. The van der Waals surface area contributed by atoms with Gasteiger partial charge in [-0.25, -0.2) is 13.6 Å². The van der Waals surface area contributed by atoms with Gasteiger partial charge in [0.15, 0.2) is 0 Å². The average molecular weight is 546 g/mol. The summed E-state index contributed by atoms with van der Waals surface area (Å²) in [5.41, 5.74) is 5.08. The van der Waals surface area contributed by atoms with E-state index in [1.54, 1.807) is 24.3 Å². The maximum absolute atomic E-state index is 14.9. The molecule has 4 nitrogen and oxygen atoms in total. The summed E-state index contributed by atoms with van der Waals surface area (Å²) >= 11 is 0. The zero-order valence-corrected chi connectivity index (χ0v) is 22.0. The Balaban J connectivity index is 1.38. The van der Waals surface area contributed by atoms with Crippen molar-refractivity contribution in [1.29, 1.82) is 0 Å². The van der Waals surface area contributed by atoms with Crippen molar-refractivity contribution in [2.24, 2.45) is 0 Å². The van der Waals surface area contributed by atoms with E-state index in [0.29, 0.717) is 27.9 Å². The van der Waals surface area contributed by atoms with E-state index in [1.807, 2.05) is 83.6 Å². The molecule has 0 bridgehead atoms. The first-order chi connectivity index (χ1) is 20.0. The molecular weight excluding hydrogens is 520 g/mol. The Morgan fingerprint density at radius 1 is 0.683 bits per heavy atom. The van der Waals surface area contributed by atoms with Gasteiger partial charge in [0, 0.05) is 23.5 Å². The highest BCUT2D eigenvalue weighted by molar-refractivity contribution is 6.02. The van der Waals surface area contributed by atoms with Crippen molar-refractivity contribution in [1.82, 2.24) is 4.57 Å². The number of carbonyl (C=O) groups is 1. The maximum atomic E-state index is 14.9. The first-order valence-electron chi connectivity index (χ1n) is 13.1. The third-order valence-electron chi connectivity index (χ3n) is 6.82. The summed E-state index contributed by atoms with van der Waals surface area (Å²) in [4.78, 5) is 12.7. The van der Waals surface area contributed by atoms with Crippen LogP contribution >= 0.6 is 0 Å². The standard InChI is InChI=1S/C35H25F2NO3/c36-28-15-17-30(18-16-28)38-21-31(26-11-13-27(14-12-26)35(39)41-23-25-9-5-2-6-10-25)34-32(38)19-29(37)20-33(34)40-22-24-7-3-1-4-8-24/h1-21H,22-23H2. The van der Waals surface area contributed by atoms with Gasteiger partial charge < -0.3 is 14.0 Å². The topological polar surface area (TPSA) is 40.5 Å². The molecule has 0 atom stereocenters. The van der Waals surface area contributed by atoms with Crippen molar-refractivity contribution < 1.29 is 23.0 Å². The van der Waals surface area contributed by atoms with Crippen LogP contribution in [-0.2, 0) is 18.0 Å². The van der Waals surface area contributed by atoms with E-state index in [-0.39, 0.29) is 19.0 Å². The van der Waals surface area contributed by atoms with Gasteiger partial charge in [0.25, 0.3) is 0 Å². The third kappa shape index (κ3) is 5.72. The number of hydrogen-bond acceptors (Lipinski definition) is 3. The smallest absolute Gasteiger partial charge is 0.338 e. The lowest BCUT2D eigenvalue weighted by atomic mass is 10.0. The van der Waals surface area contributed by atoms with E-state index in [4.69, 9.17) is 9.47 Å². The molecule has 0 unspecified atom stereocenters. The van der Waals surface area contributed by atoms with Gasteiger partial charge in [0.2, 0.25) is 0 Å². The Morgan fingerprint density at radius 2 is 1.32 bits per heavy atom. The summed E-state index contributed by atoms with van der Waals surface area (Å²) in [6.45, 7) is 0.438. The molecule has 0 radical (unpaired) electrons. The Morgan fingerprint density at radius 3 is 1.98 bits per heavy atom. The molecule has 0 saturated heterocycles. The monoisotopic (exact) mass is 545 g/mol. The van der Waals surface area contributed by atoms with Gasteiger partial charge >= 0.3 is 5.97 Å². The van der Waals surface area contributed by atoms with E-state index in [0.717, 1.165) is 22.3 Å². The fraction of sp³-hybridized carbons (Fsp3) is 0.0571. The van der Waals surface area contributed by atoms with Crippen LogP contribution < -0.4 is 4.74 Å².